The zero-order chi connectivity index (χ0) is 17.0. The van der Waals surface area contributed by atoms with Gasteiger partial charge < -0.3 is 10.2 Å². The predicted molar refractivity (Wildman–Crippen MR) is 86.9 cm³/mol. The summed E-state index contributed by atoms with van der Waals surface area (Å²) in [6.07, 6.45) is 1.36. The Morgan fingerprint density at radius 3 is 2.78 bits per heavy atom. The van der Waals surface area contributed by atoms with Gasteiger partial charge in [-0.15, -0.1) is 0 Å². The first-order valence-corrected chi connectivity index (χ1v) is 7.90. The van der Waals surface area contributed by atoms with E-state index in [4.69, 9.17) is 11.6 Å². The van der Waals surface area contributed by atoms with E-state index in [0.717, 1.165) is 16.9 Å². The third-order valence-electron chi connectivity index (χ3n) is 3.71. The quantitative estimate of drug-likeness (QED) is 0.807. The van der Waals surface area contributed by atoms with Crippen molar-refractivity contribution in [3.8, 4) is 0 Å². The number of imide groups is 1. The molecule has 2 rings (SSSR count). The van der Waals surface area contributed by atoms with Crippen molar-refractivity contribution in [3.63, 3.8) is 0 Å². The van der Waals surface area contributed by atoms with E-state index in [2.05, 4.69) is 5.32 Å². The minimum absolute atomic E-state index is 0.248. The summed E-state index contributed by atoms with van der Waals surface area (Å²) in [4.78, 5) is 38.7. The average molecular weight is 338 g/mol. The van der Waals surface area contributed by atoms with Crippen molar-refractivity contribution in [1.29, 1.82) is 0 Å². The molecule has 1 aromatic rings. The molecule has 1 saturated heterocycles. The Hall–Kier alpha value is -2.08. The van der Waals surface area contributed by atoms with E-state index in [9.17, 15) is 14.4 Å². The predicted octanol–water partition coefficient (Wildman–Crippen LogP) is 2.02. The van der Waals surface area contributed by atoms with Gasteiger partial charge in [-0.1, -0.05) is 37.1 Å². The summed E-state index contributed by atoms with van der Waals surface area (Å²) in [6.45, 7) is 2.05. The SMILES string of the molecule is CCCC1NC(=O)N(CC(=O)N(C)Cc2cccc(Cl)c2)C1=O. The van der Waals surface area contributed by atoms with Gasteiger partial charge in [-0.2, -0.15) is 0 Å². The normalized spacial score (nSPS) is 17.3. The van der Waals surface area contributed by atoms with Gasteiger partial charge in [-0.25, -0.2) is 4.79 Å². The first kappa shape index (κ1) is 17.3. The molecule has 23 heavy (non-hydrogen) atoms. The van der Waals surface area contributed by atoms with Gasteiger partial charge in [0.15, 0.2) is 0 Å². The first-order chi connectivity index (χ1) is 10.9. The molecular formula is C16H20ClN3O3. The molecule has 0 spiro atoms. The number of benzene rings is 1. The molecule has 1 heterocycles. The van der Waals surface area contributed by atoms with Gasteiger partial charge in [0.1, 0.15) is 12.6 Å². The number of urea groups is 1. The Morgan fingerprint density at radius 1 is 1.39 bits per heavy atom. The van der Waals surface area contributed by atoms with Crippen LogP contribution in [0.1, 0.15) is 25.3 Å². The van der Waals surface area contributed by atoms with Crippen LogP contribution < -0.4 is 5.32 Å². The number of hydrogen-bond acceptors (Lipinski definition) is 3. The van der Waals surface area contributed by atoms with E-state index in [1.807, 2.05) is 19.1 Å². The highest BCUT2D eigenvalue weighted by atomic mass is 35.5. The lowest BCUT2D eigenvalue weighted by Crippen LogP contribution is -2.41. The van der Waals surface area contributed by atoms with Crippen molar-refractivity contribution in [2.45, 2.75) is 32.4 Å². The number of likely N-dealkylation sites (N-methyl/N-ethyl adjacent to an activating group) is 1. The standard InChI is InChI=1S/C16H20ClN3O3/c1-3-5-13-15(22)20(16(23)18-13)10-14(21)19(2)9-11-6-4-7-12(17)8-11/h4,6-8,13H,3,5,9-10H2,1-2H3,(H,18,23). The van der Waals surface area contributed by atoms with Gasteiger partial charge in [0.25, 0.3) is 5.91 Å². The molecule has 1 unspecified atom stereocenters. The molecule has 1 atom stereocenters. The molecule has 1 aromatic carbocycles. The summed E-state index contributed by atoms with van der Waals surface area (Å²) >= 11 is 5.92. The number of nitrogens with zero attached hydrogens (tertiary/aromatic N) is 2. The van der Waals surface area contributed by atoms with Crippen LogP contribution in [0.15, 0.2) is 24.3 Å². The molecule has 6 nitrogen and oxygen atoms in total. The number of nitrogens with one attached hydrogen (secondary N) is 1. The van der Waals surface area contributed by atoms with Gasteiger partial charge in [-0.3, -0.25) is 14.5 Å². The monoisotopic (exact) mass is 337 g/mol. The van der Waals surface area contributed by atoms with Gasteiger partial charge in [0.2, 0.25) is 5.91 Å². The lowest BCUT2D eigenvalue weighted by Gasteiger charge is -2.20. The maximum absolute atomic E-state index is 12.3. The lowest BCUT2D eigenvalue weighted by molar-refractivity contribution is -0.136. The molecule has 0 aromatic heterocycles. The van der Waals surface area contributed by atoms with Crippen molar-refractivity contribution < 1.29 is 14.4 Å². The summed E-state index contributed by atoms with van der Waals surface area (Å²) in [7, 11) is 1.63. The van der Waals surface area contributed by atoms with Crippen LogP contribution in [0.25, 0.3) is 0 Å². The zero-order valence-corrected chi connectivity index (χ0v) is 14.0. The minimum Gasteiger partial charge on any atom is -0.340 e. The van der Waals surface area contributed by atoms with E-state index in [1.54, 1.807) is 19.2 Å². The molecule has 0 saturated carbocycles. The first-order valence-electron chi connectivity index (χ1n) is 7.52. The lowest BCUT2D eigenvalue weighted by atomic mass is 10.2. The molecule has 0 bridgehead atoms. The van der Waals surface area contributed by atoms with Crippen LogP contribution in [0.3, 0.4) is 0 Å². The fraction of sp³-hybridized carbons (Fsp3) is 0.438. The molecule has 7 heteroatoms. The second-order valence-corrected chi connectivity index (χ2v) is 6.03. The number of carbonyl (C=O) groups excluding carboxylic acids is 3. The molecule has 1 aliphatic rings. The number of amides is 4. The summed E-state index contributed by atoms with van der Waals surface area (Å²) in [6, 6.07) is 6.18. The third-order valence-corrected chi connectivity index (χ3v) is 3.95. The Kier molecular flexibility index (Phi) is 5.60. The maximum Gasteiger partial charge on any atom is 0.325 e. The molecule has 1 aliphatic heterocycles. The van der Waals surface area contributed by atoms with E-state index in [-0.39, 0.29) is 18.4 Å². The molecular weight excluding hydrogens is 318 g/mol. The summed E-state index contributed by atoms with van der Waals surface area (Å²) < 4.78 is 0. The van der Waals surface area contributed by atoms with E-state index in [0.29, 0.717) is 18.0 Å². The second-order valence-electron chi connectivity index (χ2n) is 5.59. The van der Waals surface area contributed by atoms with Crippen molar-refractivity contribution in [3.05, 3.63) is 34.9 Å². The highest BCUT2D eigenvalue weighted by molar-refractivity contribution is 6.30. The molecule has 4 amide bonds. The Bertz CT molecular complexity index is 620. The van der Waals surface area contributed by atoms with Crippen molar-refractivity contribution >= 4 is 29.4 Å². The van der Waals surface area contributed by atoms with Crippen LogP contribution in [-0.4, -0.2) is 47.3 Å². The van der Waals surface area contributed by atoms with Gasteiger partial charge >= 0.3 is 6.03 Å². The van der Waals surface area contributed by atoms with Crippen molar-refractivity contribution in [2.24, 2.45) is 0 Å². The Morgan fingerprint density at radius 2 is 2.13 bits per heavy atom. The molecule has 0 radical (unpaired) electrons. The van der Waals surface area contributed by atoms with Gasteiger partial charge in [0, 0.05) is 18.6 Å². The van der Waals surface area contributed by atoms with Crippen LogP contribution >= 0.6 is 11.6 Å². The third kappa shape index (κ3) is 4.22. The summed E-state index contributed by atoms with van der Waals surface area (Å²) in [5.74, 6) is -0.632. The van der Waals surface area contributed by atoms with E-state index < -0.39 is 12.1 Å². The topological polar surface area (TPSA) is 69.7 Å². The summed E-state index contributed by atoms with van der Waals surface area (Å²) in [5, 5.41) is 3.20. The fourth-order valence-electron chi connectivity index (χ4n) is 2.46. The van der Waals surface area contributed by atoms with Crippen LogP contribution in [0, 0.1) is 0 Å². The fourth-order valence-corrected chi connectivity index (χ4v) is 2.68. The van der Waals surface area contributed by atoms with Crippen molar-refractivity contribution in [1.82, 2.24) is 15.1 Å². The highest BCUT2D eigenvalue weighted by Crippen LogP contribution is 2.14. The number of rotatable bonds is 6. The van der Waals surface area contributed by atoms with Gasteiger partial charge in [-0.05, 0) is 24.1 Å². The number of carbonyl (C=O) groups is 3. The number of halogens is 1. The van der Waals surface area contributed by atoms with Gasteiger partial charge in [0.05, 0.1) is 0 Å². The second kappa shape index (κ2) is 7.46. The molecule has 1 fully saturated rings. The number of hydrogen-bond donors (Lipinski definition) is 1. The zero-order valence-electron chi connectivity index (χ0n) is 13.2. The smallest absolute Gasteiger partial charge is 0.325 e. The Labute approximate surface area is 140 Å². The van der Waals surface area contributed by atoms with Crippen LogP contribution in [0.4, 0.5) is 4.79 Å². The molecule has 0 aliphatic carbocycles. The van der Waals surface area contributed by atoms with E-state index >= 15 is 0 Å². The van der Waals surface area contributed by atoms with Crippen LogP contribution in [-0.2, 0) is 16.1 Å². The van der Waals surface area contributed by atoms with Crippen LogP contribution in [0.2, 0.25) is 5.02 Å². The average Bonchev–Trinajstić information content (AvgIpc) is 2.75. The van der Waals surface area contributed by atoms with Crippen molar-refractivity contribution in [2.75, 3.05) is 13.6 Å². The highest BCUT2D eigenvalue weighted by Gasteiger charge is 2.38. The van der Waals surface area contributed by atoms with E-state index in [1.165, 1.54) is 4.90 Å². The molecule has 1 N–H and O–H groups in total. The van der Waals surface area contributed by atoms with Crippen LogP contribution in [0.5, 0.6) is 0 Å². The molecule has 124 valence electrons. The summed E-state index contributed by atoms with van der Waals surface area (Å²) in [5.41, 5.74) is 0.884. The Balaban J connectivity index is 1.95. The largest absolute Gasteiger partial charge is 0.340 e. The maximum atomic E-state index is 12.3. The minimum atomic E-state index is -0.515.